The lowest BCUT2D eigenvalue weighted by Gasteiger charge is -2.07. The number of nitrogens with two attached hydrogens (primary N) is 1. The Labute approximate surface area is 113 Å². The van der Waals surface area contributed by atoms with E-state index in [0.29, 0.717) is 51.3 Å². The van der Waals surface area contributed by atoms with Crippen LogP contribution in [-0.2, 0) is 20.8 Å². The fourth-order valence-electron chi connectivity index (χ4n) is 1.89. The van der Waals surface area contributed by atoms with Crippen LogP contribution in [0.2, 0.25) is 0 Å². The summed E-state index contributed by atoms with van der Waals surface area (Å²) in [5.74, 6) is 1.11. The zero-order valence-electron chi connectivity index (χ0n) is 11.4. The highest BCUT2D eigenvalue weighted by atomic mass is 16.5. The van der Waals surface area contributed by atoms with Crippen LogP contribution in [-0.4, -0.2) is 55.1 Å². The van der Waals surface area contributed by atoms with Gasteiger partial charge in [-0.1, -0.05) is 5.21 Å². The molecule has 0 spiro atoms. The lowest BCUT2D eigenvalue weighted by Crippen LogP contribution is -2.14. The predicted octanol–water partition coefficient (Wildman–Crippen LogP) is 0.417. The molecule has 1 heterocycles. The molecule has 0 aromatic carbocycles. The van der Waals surface area contributed by atoms with Gasteiger partial charge in [0.25, 0.3) is 0 Å². The monoisotopic (exact) mass is 270 g/mol. The summed E-state index contributed by atoms with van der Waals surface area (Å²) >= 11 is 0. The van der Waals surface area contributed by atoms with Crippen LogP contribution in [0.3, 0.4) is 0 Å². The van der Waals surface area contributed by atoms with Crippen molar-refractivity contribution in [3.8, 4) is 0 Å². The molecule has 0 unspecified atom stereocenters. The zero-order chi connectivity index (χ0) is 13.5. The molecule has 0 bridgehead atoms. The second-order valence-electron chi connectivity index (χ2n) is 4.57. The normalized spacial score (nSPS) is 15.0. The third-order valence-electron chi connectivity index (χ3n) is 3.02. The molecule has 1 aromatic heterocycles. The van der Waals surface area contributed by atoms with Crippen LogP contribution in [0.1, 0.15) is 24.5 Å². The van der Waals surface area contributed by atoms with Gasteiger partial charge in [-0.25, -0.2) is 4.68 Å². The molecule has 0 saturated heterocycles. The van der Waals surface area contributed by atoms with Crippen LogP contribution in [0.15, 0.2) is 0 Å². The van der Waals surface area contributed by atoms with E-state index in [1.807, 2.05) is 4.68 Å². The molecule has 0 atom stereocenters. The lowest BCUT2D eigenvalue weighted by molar-refractivity contribution is 0.0223. The highest BCUT2D eigenvalue weighted by Crippen LogP contribution is 2.41. The molecule has 0 amide bonds. The average molecular weight is 270 g/mol. The van der Waals surface area contributed by atoms with E-state index in [1.165, 1.54) is 12.8 Å². The van der Waals surface area contributed by atoms with Gasteiger partial charge in [-0.05, 0) is 12.8 Å². The third-order valence-corrected chi connectivity index (χ3v) is 3.02. The van der Waals surface area contributed by atoms with E-state index in [9.17, 15) is 0 Å². The fourth-order valence-corrected chi connectivity index (χ4v) is 1.89. The van der Waals surface area contributed by atoms with E-state index in [2.05, 4.69) is 10.3 Å². The summed E-state index contributed by atoms with van der Waals surface area (Å²) in [6, 6.07) is 0. The van der Waals surface area contributed by atoms with Crippen LogP contribution in [0.25, 0.3) is 0 Å². The number of hydrogen-bond donors (Lipinski definition) is 1. The summed E-state index contributed by atoms with van der Waals surface area (Å²) < 4.78 is 17.5. The number of anilines is 1. The van der Waals surface area contributed by atoms with E-state index >= 15 is 0 Å². The minimum Gasteiger partial charge on any atom is -0.382 e. The molecular formula is C12H22N4O3. The molecule has 0 radical (unpaired) electrons. The third kappa shape index (κ3) is 4.45. The standard InChI is InChI=1S/C12H22N4O3/c1-17-6-7-19-9-8-18-5-4-16-11(10-2-3-10)12(13)14-15-16/h10H,2-9,13H2,1H3. The minimum atomic E-state index is 0.548. The zero-order valence-corrected chi connectivity index (χ0v) is 11.4. The molecule has 7 heteroatoms. The van der Waals surface area contributed by atoms with Gasteiger partial charge < -0.3 is 19.9 Å². The first-order valence-electron chi connectivity index (χ1n) is 6.66. The SMILES string of the molecule is COCCOCCOCCn1nnc(N)c1C1CC1. The number of rotatable bonds is 10. The van der Waals surface area contributed by atoms with E-state index in [-0.39, 0.29) is 0 Å². The van der Waals surface area contributed by atoms with Crippen LogP contribution in [0.4, 0.5) is 5.82 Å². The van der Waals surface area contributed by atoms with Crippen LogP contribution < -0.4 is 5.73 Å². The van der Waals surface area contributed by atoms with Gasteiger partial charge in [-0.2, -0.15) is 0 Å². The Morgan fingerprint density at radius 1 is 1.16 bits per heavy atom. The second-order valence-corrected chi connectivity index (χ2v) is 4.57. The summed E-state index contributed by atoms with van der Waals surface area (Å²) in [5.41, 5.74) is 6.88. The fraction of sp³-hybridized carbons (Fsp3) is 0.833. The predicted molar refractivity (Wildman–Crippen MR) is 69.9 cm³/mol. The van der Waals surface area contributed by atoms with Gasteiger partial charge in [0, 0.05) is 13.0 Å². The van der Waals surface area contributed by atoms with Crippen molar-refractivity contribution in [2.45, 2.75) is 25.3 Å². The van der Waals surface area contributed by atoms with Gasteiger partial charge in [0.2, 0.25) is 0 Å². The molecule has 2 rings (SSSR count). The largest absolute Gasteiger partial charge is 0.382 e. The number of ether oxygens (including phenoxy) is 3. The number of methoxy groups -OCH3 is 1. The smallest absolute Gasteiger partial charge is 0.169 e. The Morgan fingerprint density at radius 2 is 1.84 bits per heavy atom. The number of hydrogen-bond acceptors (Lipinski definition) is 6. The Hall–Kier alpha value is -1.18. The summed E-state index contributed by atoms with van der Waals surface area (Å²) in [6.45, 7) is 3.66. The van der Waals surface area contributed by atoms with Crippen LogP contribution >= 0.6 is 0 Å². The van der Waals surface area contributed by atoms with Gasteiger partial charge in [0.15, 0.2) is 5.82 Å². The van der Waals surface area contributed by atoms with Crippen LogP contribution in [0.5, 0.6) is 0 Å². The summed E-state index contributed by atoms with van der Waals surface area (Å²) in [4.78, 5) is 0. The first kappa shape index (κ1) is 14.2. The number of nitrogen functional groups attached to an aromatic ring is 1. The minimum absolute atomic E-state index is 0.548. The Balaban J connectivity index is 1.58. The summed E-state index contributed by atoms with van der Waals surface area (Å²) in [6.07, 6.45) is 2.37. The molecule has 2 N–H and O–H groups in total. The van der Waals surface area contributed by atoms with Crippen molar-refractivity contribution in [2.24, 2.45) is 0 Å². The molecule has 19 heavy (non-hydrogen) atoms. The van der Waals surface area contributed by atoms with E-state index in [1.54, 1.807) is 7.11 Å². The Kier molecular flexibility index (Phi) is 5.56. The number of aromatic nitrogens is 3. The van der Waals surface area contributed by atoms with Crippen molar-refractivity contribution < 1.29 is 14.2 Å². The molecule has 1 aliphatic carbocycles. The molecular weight excluding hydrogens is 248 g/mol. The molecule has 108 valence electrons. The molecule has 0 aliphatic heterocycles. The topological polar surface area (TPSA) is 84.4 Å². The van der Waals surface area contributed by atoms with Crippen LogP contribution in [0, 0.1) is 0 Å². The van der Waals surface area contributed by atoms with Crippen molar-refractivity contribution >= 4 is 5.82 Å². The van der Waals surface area contributed by atoms with Gasteiger partial charge in [-0.3, -0.25) is 0 Å². The second kappa shape index (κ2) is 7.42. The maximum atomic E-state index is 5.81. The lowest BCUT2D eigenvalue weighted by atomic mass is 10.3. The van der Waals surface area contributed by atoms with E-state index in [4.69, 9.17) is 19.9 Å². The van der Waals surface area contributed by atoms with Crippen molar-refractivity contribution in [3.63, 3.8) is 0 Å². The van der Waals surface area contributed by atoms with Gasteiger partial charge >= 0.3 is 0 Å². The highest BCUT2D eigenvalue weighted by molar-refractivity contribution is 5.38. The molecule has 1 aromatic rings. The van der Waals surface area contributed by atoms with Crippen molar-refractivity contribution in [1.82, 2.24) is 15.0 Å². The van der Waals surface area contributed by atoms with Crippen molar-refractivity contribution in [1.29, 1.82) is 0 Å². The first-order valence-corrected chi connectivity index (χ1v) is 6.66. The van der Waals surface area contributed by atoms with Gasteiger partial charge in [-0.15, -0.1) is 5.10 Å². The molecule has 1 aliphatic rings. The van der Waals surface area contributed by atoms with Crippen molar-refractivity contribution in [2.75, 3.05) is 45.9 Å². The summed E-state index contributed by atoms with van der Waals surface area (Å²) in [5, 5.41) is 7.97. The van der Waals surface area contributed by atoms with E-state index < -0.39 is 0 Å². The highest BCUT2D eigenvalue weighted by Gasteiger charge is 2.30. The van der Waals surface area contributed by atoms with E-state index in [0.717, 1.165) is 5.69 Å². The van der Waals surface area contributed by atoms with Gasteiger partial charge in [0.05, 0.1) is 45.3 Å². The molecule has 7 nitrogen and oxygen atoms in total. The van der Waals surface area contributed by atoms with Gasteiger partial charge in [0.1, 0.15) is 0 Å². The average Bonchev–Trinajstić information content (AvgIpc) is 3.17. The molecule has 1 saturated carbocycles. The quantitative estimate of drug-likeness (QED) is 0.620. The maximum absolute atomic E-state index is 5.81. The summed E-state index contributed by atoms with van der Waals surface area (Å²) in [7, 11) is 1.65. The van der Waals surface area contributed by atoms with Crippen molar-refractivity contribution in [3.05, 3.63) is 5.69 Å². The Morgan fingerprint density at radius 3 is 2.53 bits per heavy atom. The maximum Gasteiger partial charge on any atom is 0.169 e. The Bertz CT molecular complexity index is 379. The molecule has 1 fully saturated rings. The number of nitrogens with zero attached hydrogens (tertiary/aromatic N) is 3. The first-order chi connectivity index (χ1) is 9.33.